The lowest BCUT2D eigenvalue weighted by Crippen LogP contribution is -2.38. The zero-order valence-corrected chi connectivity index (χ0v) is 20.8. The van der Waals surface area contributed by atoms with Crippen molar-refractivity contribution in [3.63, 3.8) is 0 Å². The van der Waals surface area contributed by atoms with Gasteiger partial charge in [-0.05, 0) is 50.7 Å². The molecule has 4 N–H and O–H groups in total. The Balaban J connectivity index is 1.66. The number of aromatic nitrogens is 3. The molecule has 1 aromatic carbocycles. The number of benzene rings is 1. The normalized spacial score (nSPS) is 15.0. The van der Waals surface area contributed by atoms with Crippen molar-refractivity contribution < 1.29 is 18.7 Å². The molecular formula is C26H29F2N7O2. The number of alkyl halides is 2. The van der Waals surface area contributed by atoms with Gasteiger partial charge in [0.1, 0.15) is 22.8 Å². The number of hydrogen-bond donors (Lipinski definition) is 4. The van der Waals surface area contributed by atoms with Crippen molar-refractivity contribution in [3.8, 4) is 0 Å². The standard InChI is InChI=1S/C26H29F2N7O2/c1-5-11-29-23(36)18-13-30-24(34-22(18)33-21-8-6-7-20(32-21)25(2,3)37)31-17-9-10-19-16(12-17)14-35(4)15-26(19,27)28/h5-10,12-13,37H,1,11,14-15H2,2-4H3,(H,29,36)(H2,30,31,32,33,34). The minimum atomic E-state index is -2.93. The third kappa shape index (κ3) is 6.07. The van der Waals surface area contributed by atoms with Crippen molar-refractivity contribution in [3.05, 3.63) is 77.6 Å². The summed E-state index contributed by atoms with van der Waals surface area (Å²) >= 11 is 0. The number of carbonyl (C=O) groups excluding carboxylic acids is 1. The van der Waals surface area contributed by atoms with Crippen molar-refractivity contribution in [2.45, 2.75) is 31.9 Å². The topological polar surface area (TPSA) is 115 Å². The molecule has 11 heteroatoms. The number of aliphatic hydroxyl groups is 1. The van der Waals surface area contributed by atoms with Crippen molar-refractivity contribution in [1.82, 2.24) is 25.2 Å². The van der Waals surface area contributed by atoms with E-state index in [1.165, 1.54) is 12.3 Å². The van der Waals surface area contributed by atoms with Crippen LogP contribution in [0.5, 0.6) is 0 Å². The average Bonchev–Trinajstić information content (AvgIpc) is 2.81. The first-order chi connectivity index (χ1) is 17.5. The molecular weight excluding hydrogens is 480 g/mol. The van der Waals surface area contributed by atoms with E-state index in [1.807, 2.05) is 0 Å². The minimum absolute atomic E-state index is 0.00595. The van der Waals surface area contributed by atoms with Crippen LogP contribution in [0.1, 0.15) is 41.0 Å². The smallest absolute Gasteiger partial charge is 0.285 e. The Morgan fingerprint density at radius 1 is 1.24 bits per heavy atom. The molecule has 0 bridgehead atoms. The molecule has 3 aromatic rings. The third-order valence-corrected chi connectivity index (χ3v) is 5.73. The van der Waals surface area contributed by atoms with Gasteiger partial charge < -0.3 is 21.1 Å². The van der Waals surface area contributed by atoms with Gasteiger partial charge in [-0.3, -0.25) is 9.69 Å². The van der Waals surface area contributed by atoms with E-state index in [9.17, 15) is 18.7 Å². The second-order valence-corrected chi connectivity index (χ2v) is 9.42. The van der Waals surface area contributed by atoms with Crippen molar-refractivity contribution in [1.29, 1.82) is 0 Å². The van der Waals surface area contributed by atoms with Gasteiger partial charge in [-0.15, -0.1) is 6.58 Å². The molecule has 194 valence electrons. The highest BCUT2D eigenvalue weighted by Crippen LogP contribution is 2.37. The van der Waals surface area contributed by atoms with E-state index in [4.69, 9.17) is 0 Å². The fourth-order valence-electron chi connectivity index (χ4n) is 3.99. The number of rotatable bonds is 8. The maximum atomic E-state index is 14.4. The Hall–Kier alpha value is -3.96. The molecule has 0 atom stereocenters. The fraction of sp³-hybridized carbons (Fsp3) is 0.308. The highest BCUT2D eigenvalue weighted by molar-refractivity contribution is 5.99. The van der Waals surface area contributed by atoms with Gasteiger partial charge >= 0.3 is 0 Å². The van der Waals surface area contributed by atoms with Gasteiger partial charge in [0.05, 0.1) is 12.2 Å². The number of nitrogens with zero attached hydrogens (tertiary/aromatic N) is 4. The van der Waals surface area contributed by atoms with Crippen LogP contribution in [0.25, 0.3) is 0 Å². The quantitative estimate of drug-likeness (QED) is 0.337. The summed E-state index contributed by atoms with van der Waals surface area (Å²) in [5.74, 6) is -2.67. The maximum absolute atomic E-state index is 14.4. The lowest BCUT2D eigenvalue weighted by atomic mass is 9.96. The van der Waals surface area contributed by atoms with E-state index in [1.54, 1.807) is 62.2 Å². The largest absolute Gasteiger partial charge is 0.384 e. The summed E-state index contributed by atoms with van der Waals surface area (Å²) in [6.45, 7) is 7.14. The number of halogens is 2. The van der Waals surface area contributed by atoms with Gasteiger partial charge in [-0.2, -0.15) is 13.8 Å². The minimum Gasteiger partial charge on any atom is -0.384 e. The second-order valence-electron chi connectivity index (χ2n) is 9.42. The van der Waals surface area contributed by atoms with E-state index in [0.29, 0.717) is 29.3 Å². The van der Waals surface area contributed by atoms with Crippen LogP contribution in [0.3, 0.4) is 0 Å². The molecule has 1 aliphatic rings. The molecule has 2 aromatic heterocycles. The van der Waals surface area contributed by atoms with E-state index in [-0.39, 0.29) is 36.0 Å². The Morgan fingerprint density at radius 2 is 2.03 bits per heavy atom. The number of carbonyl (C=O) groups is 1. The molecule has 4 rings (SSSR count). The molecule has 0 aliphatic carbocycles. The molecule has 1 aliphatic heterocycles. The summed E-state index contributed by atoms with van der Waals surface area (Å²) in [4.78, 5) is 27.4. The Kier molecular flexibility index (Phi) is 7.19. The lowest BCUT2D eigenvalue weighted by Gasteiger charge is -2.32. The summed E-state index contributed by atoms with van der Waals surface area (Å²) in [7, 11) is 1.65. The van der Waals surface area contributed by atoms with Gasteiger partial charge in [0.2, 0.25) is 5.95 Å². The SMILES string of the molecule is C=CCNC(=O)c1cnc(Nc2ccc3c(c2)CN(C)CC3(F)F)nc1Nc1cccc(C(C)(C)O)n1. The first-order valence-electron chi connectivity index (χ1n) is 11.7. The Morgan fingerprint density at radius 3 is 2.76 bits per heavy atom. The summed E-state index contributed by atoms with van der Waals surface area (Å²) in [6, 6.07) is 9.69. The van der Waals surface area contributed by atoms with E-state index < -0.39 is 17.4 Å². The van der Waals surface area contributed by atoms with E-state index in [0.717, 1.165) is 0 Å². The van der Waals surface area contributed by atoms with Crippen LogP contribution in [0.15, 0.2) is 55.3 Å². The van der Waals surface area contributed by atoms with Crippen LogP contribution >= 0.6 is 0 Å². The van der Waals surface area contributed by atoms with Crippen LogP contribution in [0.4, 0.5) is 32.1 Å². The van der Waals surface area contributed by atoms with Crippen LogP contribution in [-0.4, -0.2) is 51.0 Å². The van der Waals surface area contributed by atoms with E-state index >= 15 is 0 Å². The molecule has 9 nitrogen and oxygen atoms in total. The van der Waals surface area contributed by atoms with Gasteiger partial charge in [0, 0.05) is 30.5 Å². The van der Waals surface area contributed by atoms with Gasteiger partial charge in [0.15, 0.2) is 0 Å². The summed E-state index contributed by atoms with van der Waals surface area (Å²) < 4.78 is 28.8. The van der Waals surface area contributed by atoms with Crippen LogP contribution in [0, 0.1) is 0 Å². The fourth-order valence-corrected chi connectivity index (χ4v) is 3.99. The number of amides is 1. The molecule has 0 saturated carbocycles. The molecule has 3 heterocycles. The van der Waals surface area contributed by atoms with Gasteiger partial charge in [-0.25, -0.2) is 9.97 Å². The van der Waals surface area contributed by atoms with Crippen molar-refractivity contribution in [2.75, 3.05) is 30.8 Å². The maximum Gasteiger partial charge on any atom is 0.285 e. The van der Waals surface area contributed by atoms with Crippen molar-refractivity contribution in [2.24, 2.45) is 0 Å². The highest BCUT2D eigenvalue weighted by Gasteiger charge is 2.39. The number of nitrogens with one attached hydrogen (secondary N) is 3. The Bertz CT molecular complexity index is 1320. The van der Waals surface area contributed by atoms with E-state index in [2.05, 4.69) is 37.5 Å². The number of hydrogen-bond acceptors (Lipinski definition) is 8. The first kappa shape index (κ1) is 26.1. The number of likely N-dealkylation sites (N-methyl/N-ethyl adjacent to an activating group) is 1. The van der Waals surface area contributed by atoms with Crippen molar-refractivity contribution >= 4 is 29.2 Å². The molecule has 0 fully saturated rings. The monoisotopic (exact) mass is 509 g/mol. The lowest BCUT2D eigenvalue weighted by molar-refractivity contribution is -0.0454. The average molecular weight is 510 g/mol. The number of anilines is 4. The second kappa shape index (κ2) is 10.2. The summed E-state index contributed by atoms with van der Waals surface area (Å²) in [5, 5.41) is 19.1. The molecule has 0 radical (unpaired) electrons. The van der Waals surface area contributed by atoms with Crippen LogP contribution < -0.4 is 16.0 Å². The molecule has 0 saturated heterocycles. The highest BCUT2D eigenvalue weighted by atomic mass is 19.3. The third-order valence-electron chi connectivity index (χ3n) is 5.73. The number of fused-ring (bicyclic) bond motifs is 1. The zero-order valence-electron chi connectivity index (χ0n) is 20.8. The van der Waals surface area contributed by atoms with Crippen LogP contribution in [0.2, 0.25) is 0 Å². The van der Waals surface area contributed by atoms with Gasteiger partial charge in [-0.1, -0.05) is 18.2 Å². The first-order valence-corrected chi connectivity index (χ1v) is 11.7. The van der Waals surface area contributed by atoms with Crippen LogP contribution in [-0.2, 0) is 18.1 Å². The predicted octanol–water partition coefficient (Wildman–Crippen LogP) is 4.04. The molecule has 0 spiro atoms. The Labute approximate surface area is 213 Å². The van der Waals surface area contributed by atoms with Gasteiger partial charge in [0.25, 0.3) is 11.8 Å². The zero-order chi connectivity index (χ0) is 26.8. The molecule has 1 amide bonds. The number of pyridine rings is 1. The predicted molar refractivity (Wildman–Crippen MR) is 137 cm³/mol. The summed E-state index contributed by atoms with van der Waals surface area (Å²) in [6.07, 6.45) is 2.91. The molecule has 37 heavy (non-hydrogen) atoms. The summed E-state index contributed by atoms with van der Waals surface area (Å²) in [5.41, 5.74) is 0.466. The molecule has 0 unspecified atom stereocenters.